The highest BCUT2D eigenvalue weighted by atomic mass is 127. The summed E-state index contributed by atoms with van der Waals surface area (Å²) in [5.41, 5.74) is 1.24. The zero-order valence-electron chi connectivity index (χ0n) is 15.8. The zero-order valence-corrected chi connectivity index (χ0v) is 18.1. The van der Waals surface area contributed by atoms with Gasteiger partial charge in [0.05, 0.1) is 6.54 Å². The van der Waals surface area contributed by atoms with Gasteiger partial charge in [0.2, 0.25) is 0 Å². The van der Waals surface area contributed by atoms with Crippen molar-refractivity contribution >= 4 is 35.6 Å². The van der Waals surface area contributed by atoms with Crippen molar-refractivity contribution in [2.75, 3.05) is 51.7 Å². The fraction of sp³-hybridized carbons (Fsp3) is 0.611. The van der Waals surface area contributed by atoms with Crippen LogP contribution in [0, 0.1) is 0 Å². The van der Waals surface area contributed by atoms with Gasteiger partial charge in [-0.25, -0.2) is 0 Å². The smallest absolute Gasteiger partial charge is 0.371 e. The third-order valence-electron chi connectivity index (χ3n) is 4.42. The number of benzene rings is 1. The summed E-state index contributed by atoms with van der Waals surface area (Å²) >= 11 is 0. The largest absolute Gasteiger partial charge is 0.401 e. The van der Waals surface area contributed by atoms with Gasteiger partial charge in [-0.1, -0.05) is 18.2 Å². The Morgan fingerprint density at radius 3 is 2.41 bits per heavy atom. The molecule has 1 aliphatic rings. The van der Waals surface area contributed by atoms with E-state index in [2.05, 4.69) is 32.7 Å². The molecule has 1 aliphatic heterocycles. The highest BCUT2D eigenvalue weighted by molar-refractivity contribution is 14.0. The van der Waals surface area contributed by atoms with E-state index in [1.54, 1.807) is 7.05 Å². The molecule has 0 radical (unpaired) electrons. The van der Waals surface area contributed by atoms with Crippen molar-refractivity contribution in [3.63, 3.8) is 0 Å². The van der Waals surface area contributed by atoms with Gasteiger partial charge in [-0.05, 0) is 32.0 Å². The molecule has 1 aromatic carbocycles. The minimum Gasteiger partial charge on any atom is -0.371 e. The molecule has 1 heterocycles. The highest BCUT2D eigenvalue weighted by Gasteiger charge is 2.28. The number of piperidine rings is 1. The predicted molar refractivity (Wildman–Crippen MR) is 115 cm³/mol. The number of guanidine groups is 1. The van der Waals surface area contributed by atoms with Gasteiger partial charge < -0.3 is 15.5 Å². The number of anilines is 1. The van der Waals surface area contributed by atoms with Gasteiger partial charge >= 0.3 is 6.18 Å². The lowest BCUT2D eigenvalue weighted by Crippen LogP contribution is -2.49. The number of alkyl halides is 3. The quantitative estimate of drug-likeness (QED) is 0.359. The normalized spacial score (nSPS) is 16.2. The SMILES string of the molecule is CN=C(NCCN(C)CC(F)(F)F)NC1CCN(c2ccccc2)CC1.I. The summed E-state index contributed by atoms with van der Waals surface area (Å²) in [5, 5.41) is 6.46. The summed E-state index contributed by atoms with van der Waals surface area (Å²) in [4.78, 5) is 7.78. The van der Waals surface area contributed by atoms with Gasteiger partial charge in [0.1, 0.15) is 0 Å². The molecule has 27 heavy (non-hydrogen) atoms. The molecule has 0 bridgehead atoms. The number of nitrogens with zero attached hydrogens (tertiary/aromatic N) is 3. The minimum absolute atomic E-state index is 0. The molecule has 154 valence electrons. The van der Waals surface area contributed by atoms with Crippen molar-refractivity contribution in [3.8, 4) is 0 Å². The van der Waals surface area contributed by atoms with Crippen LogP contribution in [0.3, 0.4) is 0 Å². The topological polar surface area (TPSA) is 42.9 Å². The Labute approximate surface area is 176 Å². The third-order valence-corrected chi connectivity index (χ3v) is 4.42. The average Bonchev–Trinajstić information content (AvgIpc) is 2.60. The lowest BCUT2D eigenvalue weighted by atomic mass is 10.0. The Morgan fingerprint density at radius 1 is 1.22 bits per heavy atom. The molecule has 2 N–H and O–H groups in total. The van der Waals surface area contributed by atoms with Gasteiger partial charge in [0.25, 0.3) is 0 Å². The summed E-state index contributed by atoms with van der Waals surface area (Å²) in [6.45, 7) is 1.74. The maximum absolute atomic E-state index is 12.3. The van der Waals surface area contributed by atoms with Gasteiger partial charge in [0, 0.05) is 45.0 Å². The van der Waals surface area contributed by atoms with E-state index in [1.807, 2.05) is 18.2 Å². The second-order valence-corrected chi connectivity index (χ2v) is 6.59. The molecule has 0 amide bonds. The van der Waals surface area contributed by atoms with Crippen LogP contribution in [0.15, 0.2) is 35.3 Å². The van der Waals surface area contributed by atoms with Crippen molar-refractivity contribution in [2.24, 2.45) is 4.99 Å². The minimum atomic E-state index is -4.17. The zero-order chi connectivity index (χ0) is 19.0. The molecule has 0 saturated carbocycles. The van der Waals surface area contributed by atoms with E-state index < -0.39 is 12.7 Å². The van der Waals surface area contributed by atoms with E-state index in [9.17, 15) is 13.2 Å². The molecule has 5 nitrogen and oxygen atoms in total. The van der Waals surface area contributed by atoms with Crippen molar-refractivity contribution < 1.29 is 13.2 Å². The van der Waals surface area contributed by atoms with E-state index in [4.69, 9.17) is 0 Å². The molecule has 0 aromatic heterocycles. The number of hydrogen-bond acceptors (Lipinski definition) is 3. The molecular weight excluding hydrogens is 470 g/mol. The Kier molecular flexibility index (Phi) is 10.2. The fourth-order valence-corrected chi connectivity index (χ4v) is 3.06. The maximum atomic E-state index is 12.3. The maximum Gasteiger partial charge on any atom is 0.401 e. The van der Waals surface area contributed by atoms with Gasteiger partial charge in [-0.2, -0.15) is 13.2 Å². The second kappa shape index (κ2) is 11.6. The number of aliphatic imine (C=N–C) groups is 1. The first kappa shape index (κ1) is 23.8. The average molecular weight is 499 g/mol. The Hall–Kier alpha value is -1.23. The summed E-state index contributed by atoms with van der Waals surface area (Å²) < 4.78 is 37.0. The summed E-state index contributed by atoms with van der Waals surface area (Å²) in [5.74, 6) is 0.642. The number of para-hydroxylation sites is 1. The summed E-state index contributed by atoms with van der Waals surface area (Å²) in [6, 6.07) is 10.6. The van der Waals surface area contributed by atoms with E-state index in [-0.39, 0.29) is 24.0 Å². The monoisotopic (exact) mass is 499 g/mol. The van der Waals surface area contributed by atoms with Gasteiger partial charge in [-0.15, -0.1) is 24.0 Å². The highest BCUT2D eigenvalue weighted by Crippen LogP contribution is 2.19. The first-order chi connectivity index (χ1) is 12.4. The second-order valence-electron chi connectivity index (χ2n) is 6.59. The predicted octanol–water partition coefficient (Wildman–Crippen LogP) is 2.93. The molecule has 0 atom stereocenters. The first-order valence-corrected chi connectivity index (χ1v) is 8.90. The fourth-order valence-electron chi connectivity index (χ4n) is 3.06. The van der Waals surface area contributed by atoms with Crippen molar-refractivity contribution in [1.29, 1.82) is 0 Å². The number of likely N-dealkylation sites (N-methyl/N-ethyl adjacent to an activating group) is 1. The number of hydrogen-bond donors (Lipinski definition) is 2. The number of nitrogens with one attached hydrogen (secondary N) is 2. The van der Waals surface area contributed by atoms with Crippen LogP contribution in [0.2, 0.25) is 0 Å². The van der Waals surface area contributed by atoms with Crippen LogP contribution in [0.1, 0.15) is 12.8 Å². The van der Waals surface area contributed by atoms with Crippen molar-refractivity contribution in [3.05, 3.63) is 30.3 Å². The standard InChI is InChI=1S/C18H28F3N5.HI/c1-22-17(23-10-13-25(2)14-18(19,20)21)24-15-8-11-26(12-9-15)16-6-4-3-5-7-16;/h3-7,15H,8-14H2,1-2H3,(H2,22,23,24);1H. The van der Waals surface area contributed by atoms with Crippen LogP contribution in [0.25, 0.3) is 0 Å². The first-order valence-electron chi connectivity index (χ1n) is 8.90. The number of halogens is 4. The van der Waals surface area contributed by atoms with Crippen LogP contribution in [-0.2, 0) is 0 Å². The lowest BCUT2D eigenvalue weighted by molar-refractivity contribution is -0.142. The Bertz CT molecular complexity index is 560. The molecule has 0 spiro atoms. The van der Waals surface area contributed by atoms with E-state index in [0.29, 0.717) is 25.1 Å². The molecule has 0 aliphatic carbocycles. The Balaban J connectivity index is 0.00000364. The van der Waals surface area contributed by atoms with Crippen molar-refractivity contribution in [2.45, 2.75) is 25.1 Å². The van der Waals surface area contributed by atoms with E-state index >= 15 is 0 Å². The lowest BCUT2D eigenvalue weighted by Gasteiger charge is -2.34. The van der Waals surface area contributed by atoms with Gasteiger partial charge in [-0.3, -0.25) is 9.89 Å². The molecule has 0 unspecified atom stereocenters. The molecule has 9 heteroatoms. The van der Waals surface area contributed by atoms with Crippen LogP contribution in [0.4, 0.5) is 18.9 Å². The van der Waals surface area contributed by atoms with E-state index in [1.165, 1.54) is 17.6 Å². The molecule has 1 saturated heterocycles. The number of rotatable bonds is 6. The van der Waals surface area contributed by atoms with Gasteiger partial charge in [0.15, 0.2) is 5.96 Å². The van der Waals surface area contributed by atoms with Crippen LogP contribution >= 0.6 is 24.0 Å². The van der Waals surface area contributed by atoms with Crippen LogP contribution in [-0.4, -0.2) is 69.9 Å². The summed E-state index contributed by atoms with van der Waals surface area (Å²) in [7, 11) is 3.14. The Morgan fingerprint density at radius 2 is 1.85 bits per heavy atom. The molecule has 1 fully saturated rings. The van der Waals surface area contributed by atoms with Crippen molar-refractivity contribution in [1.82, 2.24) is 15.5 Å². The third kappa shape index (κ3) is 9.00. The molecular formula is C18H29F3IN5. The van der Waals surface area contributed by atoms with Crippen LogP contribution in [0.5, 0.6) is 0 Å². The van der Waals surface area contributed by atoms with Crippen LogP contribution < -0.4 is 15.5 Å². The van der Waals surface area contributed by atoms with E-state index in [0.717, 1.165) is 25.9 Å². The molecule has 2 rings (SSSR count). The molecule has 1 aromatic rings. The summed E-state index contributed by atoms with van der Waals surface area (Å²) in [6.07, 6.45) is -2.19.